The van der Waals surface area contributed by atoms with Crippen molar-refractivity contribution in [1.29, 1.82) is 0 Å². The van der Waals surface area contributed by atoms with E-state index in [-0.39, 0.29) is 35.1 Å². The molecule has 5 N–H and O–H groups in total. The molecule has 3 atom stereocenters. The summed E-state index contributed by atoms with van der Waals surface area (Å²) in [6.07, 6.45) is 2.74. The highest BCUT2D eigenvalue weighted by Crippen LogP contribution is 2.34. The van der Waals surface area contributed by atoms with Crippen LogP contribution in [0, 0.1) is 11.8 Å². The molecule has 1 aliphatic rings. The van der Waals surface area contributed by atoms with Crippen molar-refractivity contribution < 1.29 is 33.1 Å². The lowest BCUT2D eigenvalue weighted by molar-refractivity contribution is -0.135. The Morgan fingerprint density at radius 3 is 2.28 bits per heavy atom. The quantitative estimate of drug-likeness (QED) is 0.0541. The molecular weight excluding hydrogens is 773 g/mol. The number of hydrogen-bond donors (Lipinski definition) is 5. The van der Waals surface area contributed by atoms with Crippen molar-refractivity contribution in [3.8, 4) is 22.5 Å². The molecule has 1 saturated heterocycles. The van der Waals surface area contributed by atoms with Gasteiger partial charge in [-0.1, -0.05) is 33.8 Å². The molecular formula is C39H46N8O8S2. The Kier molecular flexibility index (Phi) is 13.1. The Hall–Kier alpha value is -5.49. The van der Waals surface area contributed by atoms with Gasteiger partial charge in [0.1, 0.15) is 34.9 Å². The number of nitrogens with one attached hydrogen (secondary N) is 5. The predicted molar refractivity (Wildman–Crippen MR) is 220 cm³/mol. The third-order valence-corrected chi connectivity index (χ3v) is 11.5. The molecule has 57 heavy (non-hydrogen) atoms. The lowest BCUT2D eigenvalue weighted by atomic mass is 10.0. The number of benzene rings is 2. The second-order valence-corrected chi connectivity index (χ2v) is 16.3. The maximum absolute atomic E-state index is 13.8. The summed E-state index contributed by atoms with van der Waals surface area (Å²) in [5.41, 5.74) is 3.71. The van der Waals surface area contributed by atoms with E-state index in [2.05, 4.69) is 40.6 Å². The Bertz CT molecular complexity index is 2320. The number of methoxy groups -OCH3 is 2. The molecule has 3 aromatic heterocycles. The van der Waals surface area contributed by atoms with E-state index in [1.165, 1.54) is 26.0 Å². The zero-order chi connectivity index (χ0) is 40.8. The maximum Gasteiger partial charge on any atom is 0.407 e. The Labute approximate surface area is 337 Å². The molecule has 0 aliphatic carbocycles. The number of hydrogen-bond acceptors (Lipinski definition) is 12. The molecule has 4 heterocycles. The summed E-state index contributed by atoms with van der Waals surface area (Å²) in [6.45, 7) is 7.42. The van der Waals surface area contributed by atoms with Crippen LogP contribution < -0.4 is 21.4 Å². The summed E-state index contributed by atoms with van der Waals surface area (Å²) in [6, 6.07) is 9.04. The smallest absolute Gasteiger partial charge is 0.407 e. The molecule has 0 radical (unpaired) electrons. The molecule has 0 unspecified atom stereocenters. The summed E-state index contributed by atoms with van der Waals surface area (Å²) in [5, 5.41) is 8.91. The fraction of sp³-hybridized carbons (Fsp3) is 0.410. The number of carbonyl (C=O) groups excluding carboxylic acids is 4. The summed E-state index contributed by atoms with van der Waals surface area (Å²) >= 11 is 3.13. The van der Waals surface area contributed by atoms with E-state index in [0.29, 0.717) is 63.1 Å². The van der Waals surface area contributed by atoms with Gasteiger partial charge >= 0.3 is 12.2 Å². The minimum Gasteiger partial charge on any atom is -0.456 e. The SMILES string of the molecule is COC(=O)N[C@H](C(=O)NCSCCc1ncc(-c2ccc3c(=O)c4cc(-c5cnc([C@@H]6CSCN6C(=O)[C@@H](NC(=O)OC)C(C)C)[nH]5)ccc4oc3c2)[nH]1)C(C)C. The Balaban J connectivity index is 1.11. The minimum atomic E-state index is -0.747. The van der Waals surface area contributed by atoms with Crippen molar-refractivity contribution in [3.05, 3.63) is 70.7 Å². The van der Waals surface area contributed by atoms with Crippen LogP contribution in [0.15, 0.2) is 58.0 Å². The molecule has 1 fully saturated rings. The van der Waals surface area contributed by atoms with Gasteiger partial charge in [-0.3, -0.25) is 14.4 Å². The van der Waals surface area contributed by atoms with E-state index >= 15 is 0 Å². The van der Waals surface area contributed by atoms with Crippen LogP contribution in [-0.4, -0.2) is 98.4 Å². The van der Waals surface area contributed by atoms with E-state index in [4.69, 9.17) is 9.15 Å². The van der Waals surface area contributed by atoms with Crippen LogP contribution in [0.3, 0.4) is 0 Å². The van der Waals surface area contributed by atoms with Crippen molar-refractivity contribution >= 4 is 69.5 Å². The zero-order valence-electron chi connectivity index (χ0n) is 32.5. The number of alkyl carbamates (subject to hydrolysis) is 2. The van der Waals surface area contributed by atoms with Crippen molar-refractivity contribution in [2.75, 3.05) is 37.5 Å². The molecule has 0 spiro atoms. The first-order valence-corrected chi connectivity index (χ1v) is 20.7. The van der Waals surface area contributed by atoms with Crippen LogP contribution in [0.2, 0.25) is 0 Å². The molecule has 1 aliphatic heterocycles. The predicted octanol–water partition coefficient (Wildman–Crippen LogP) is 5.41. The van der Waals surface area contributed by atoms with Crippen LogP contribution in [0.25, 0.3) is 44.5 Å². The number of carbonyl (C=O) groups is 4. The monoisotopic (exact) mass is 818 g/mol. The van der Waals surface area contributed by atoms with Gasteiger partial charge in [-0.2, -0.15) is 0 Å². The second-order valence-electron chi connectivity index (χ2n) is 14.2. The zero-order valence-corrected chi connectivity index (χ0v) is 34.1. The Morgan fingerprint density at radius 2 is 1.56 bits per heavy atom. The molecule has 16 nitrogen and oxygen atoms in total. The normalized spacial score (nSPS) is 15.2. The minimum absolute atomic E-state index is 0.105. The third-order valence-electron chi connectivity index (χ3n) is 9.63. The highest BCUT2D eigenvalue weighted by atomic mass is 32.2. The van der Waals surface area contributed by atoms with Gasteiger partial charge in [0, 0.05) is 29.1 Å². The first-order valence-electron chi connectivity index (χ1n) is 18.4. The molecule has 2 aromatic carbocycles. The van der Waals surface area contributed by atoms with Crippen LogP contribution >= 0.6 is 23.5 Å². The van der Waals surface area contributed by atoms with E-state index < -0.39 is 24.3 Å². The Morgan fingerprint density at radius 1 is 0.895 bits per heavy atom. The van der Waals surface area contributed by atoms with E-state index in [1.54, 1.807) is 47.3 Å². The molecule has 6 rings (SSSR count). The summed E-state index contributed by atoms with van der Waals surface area (Å²) in [7, 11) is 2.52. The highest BCUT2D eigenvalue weighted by molar-refractivity contribution is 7.99. The topological polar surface area (TPSA) is 214 Å². The van der Waals surface area contributed by atoms with E-state index in [0.717, 1.165) is 22.6 Å². The first kappa shape index (κ1) is 41.2. The summed E-state index contributed by atoms with van der Waals surface area (Å²) in [4.78, 5) is 81.0. The standard InChI is InChI=1S/C39H46N8O8S2/c1-20(2)32(45-38(51)53-5)36(49)42-18-56-12-11-31-40-15-26(43-31)23-7-9-24-30(14-23)55-29-10-8-22(13-25(29)34(24)48)27-16-41-35(44-27)28-17-57-19-47(28)37(50)33(21(3)4)46-39(52)54-6/h7-10,13-16,20-21,28,32-33H,11-12,17-19H2,1-6H3,(H,40,43)(H,41,44)(H,42,49)(H,45,51)(H,46,52)/t28-,32-,33-/m0/s1. The number of amides is 4. The number of H-pyrrole nitrogens is 2. The van der Waals surface area contributed by atoms with Crippen LogP contribution in [0.1, 0.15) is 45.4 Å². The van der Waals surface area contributed by atoms with Gasteiger partial charge in [0.25, 0.3) is 0 Å². The molecule has 0 saturated carbocycles. The molecule has 0 bridgehead atoms. The largest absolute Gasteiger partial charge is 0.456 e. The van der Waals surface area contributed by atoms with Crippen LogP contribution in [-0.2, 0) is 25.5 Å². The lowest BCUT2D eigenvalue weighted by Crippen LogP contribution is -2.51. The van der Waals surface area contributed by atoms with Gasteiger partial charge < -0.3 is 44.7 Å². The van der Waals surface area contributed by atoms with Gasteiger partial charge in [0.2, 0.25) is 17.2 Å². The number of aryl methyl sites for hydroxylation is 1. The molecule has 18 heteroatoms. The van der Waals surface area contributed by atoms with Crippen LogP contribution in [0.4, 0.5) is 9.59 Å². The number of thioether (sulfide) groups is 2. The highest BCUT2D eigenvalue weighted by Gasteiger charge is 2.38. The average Bonchev–Trinajstić information content (AvgIpc) is 4.00. The van der Waals surface area contributed by atoms with Gasteiger partial charge in [0.15, 0.2) is 0 Å². The second kappa shape index (κ2) is 18.2. The fourth-order valence-corrected chi connectivity index (χ4v) is 8.33. The number of ether oxygens (including phenoxy) is 2. The van der Waals surface area contributed by atoms with E-state index in [9.17, 15) is 24.0 Å². The van der Waals surface area contributed by atoms with Gasteiger partial charge in [0.05, 0.1) is 66.6 Å². The summed E-state index contributed by atoms with van der Waals surface area (Å²) in [5.74, 6) is 2.79. The van der Waals surface area contributed by atoms with Crippen molar-refractivity contribution in [2.45, 2.75) is 52.2 Å². The van der Waals surface area contributed by atoms with Crippen LogP contribution in [0.5, 0.6) is 0 Å². The summed E-state index contributed by atoms with van der Waals surface area (Å²) < 4.78 is 15.6. The fourth-order valence-electron chi connectivity index (χ4n) is 6.44. The molecule has 302 valence electrons. The average molecular weight is 819 g/mol. The first-order chi connectivity index (χ1) is 27.4. The maximum atomic E-state index is 13.8. The number of imidazole rings is 2. The van der Waals surface area contributed by atoms with Gasteiger partial charge in [-0.15, -0.1) is 23.5 Å². The van der Waals surface area contributed by atoms with Gasteiger partial charge in [-0.05, 0) is 42.2 Å². The number of rotatable bonds is 14. The number of aromatic nitrogens is 4. The number of fused-ring (bicyclic) bond motifs is 2. The van der Waals surface area contributed by atoms with E-state index in [1.807, 2.05) is 45.9 Å². The van der Waals surface area contributed by atoms with Gasteiger partial charge in [-0.25, -0.2) is 19.6 Å². The van der Waals surface area contributed by atoms with Crippen molar-refractivity contribution in [2.24, 2.45) is 11.8 Å². The number of nitrogens with zero attached hydrogens (tertiary/aromatic N) is 3. The van der Waals surface area contributed by atoms with Crippen molar-refractivity contribution in [1.82, 2.24) is 40.8 Å². The van der Waals surface area contributed by atoms with Crippen molar-refractivity contribution in [3.63, 3.8) is 0 Å². The molecule has 5 aromatic rings. The molecule has 4 amide bonds. The number of aromatic amines is 2. The third kappa shape index (κ3) is 9.39. The lowest BCUT2D eigenvalue weighted by Gasteiger charge is -2.29.